The predicted octanol–water partition coefficient (Wildman–Crippen LogP) is 2.18. The molecule has 2 heterocycles. The fourth-order valence-corrected chi connectivity index (χ4v) is 2.71. The Morgan fingerprint density at radius 2 is 2.16 bits per heavy atom. The van der Waals surface area contributed by atoms with Gasteiger partial charge in [-0.25, -0.2) is 9.97 Å². The van der Waals surface area contributed by atoms with Gasteiger partial charge in [0.05, 0.1) is 5.69 Å². The summed E-state index contributed by atoms with van der Waals surface area (Å²) in [5, 5.41) is 3.28. The lowest BCUT2D eigenvalue weighted by molar-refractivity contribution is 0.225. The van der Waals surface area contributed by atoms with Crippen LogP contribution < -0.4 is 5.32 Å². The second-order valence-electron chi connectivity index (χ2n) is 5.17. The van der Waals surface area contributed by atoms with Crippen molar-refractivity contribution in [2.75, 3.05) is 13.6 Å². The Bertz CT molecular complexity index is 549. The monoisotopic (exact) mass is 254 g/mol. The summed E-state index contributed by atoms with van der Waals surface area (Å²) < 4.78 is 0. The first-order valence-corrected chi connectivity index (χ1v) is 6.73. The van der Waals surface area contributed by atoms with Crippen molar-refractivity contribution in [1.29, 1.82) is 0 Å². The van der Waals surface area contributed by atoms with Crippen molar-refractivity contribution in [3.8, 4) is 11.3 Å². The second-order valence-corrected chi connectivity index (χ2v) is 5.17. The SMILES string of the molecule is CNCC1(c2nccc(-c3cccnc3)n2)CCC1. The van der Waals surface area contributed by atoms with E-state index in [0.717, 1.165) is 23.6 Å². The summed E-state index contributed by atoms with van der Waals surface area (Å²) in [4.78, 5) is 13.4. The maximum atomic E-state index is 4.76. The molecule has 1 N–H and O–H groups in total. The molecule has 3 rings (SSSR count). The molecule has 4 nitrogen and oxygen atoms in total. The quantitative estimate of drug-likeness (QED) is 0.908. The van der Waals surface area contributed by atoms with Gasteiger partial charge in [-0.1, -0.05) is 6.42 Å². The maximum Gasteiger partial charge on any atom is 0.136 e. The highest BCUT2D eigenvalue weighted by atomic mass is 14.9. The Morgan fingerprint density at radius 3 is 2.79 bits per heavy atom. The molecule has 4 heteroatoms. The van der Waals surface area contributed by atoms with Crippen LogP contribution in [0.5, 0.6) is 0 Å². The zero-order chi connectivity index (χ0) is 13.1. The van der Waals surface area contributed by atoms with E-state index in [2.05, 4.69) is 15.3 Å². The molecule has 1 fully saturated rings. The van der Waals surface area contributed by atoms with Gasteiger partial charge in [0.15, 0.2) is 0 Å². The van der Waals surface area contributed by atoms with Gasteiger partial charge in [0.1, 0.15) is 5.82 Å². The molecule has 1 aliphatic carbocycles. The summed E-state index contributed by atoms with van der Waals surface area (Å²) in [6, 6.07) is 5.92. The first kappa shape index (κ1) is 12.2. The van der Waals surface area contributed by atoms with Crippen molar-refractivity contribution in [3.63, 3.8) is 0 Å². The van der Waals surface area contributed by atoms with Crippen LogP contribution in [0.25, 0.3) is 11.3 Å². The van der Waals surface area contributed by atoms with Crippen LogP contribution in [0.15, 0.2) is 36.8 Å². The van der Waals surface area contributed by atoms with E-state index in [1.165, 1.54) is 19.3 Å². The van der Waals surface area contributed by atoms with Gasteiger partial charge in [-0.3, -0.25) is 4.98 Å². The molecule has 0 amide bonds. The third-order valence-electron chi connectivity index (χ3n) is 3.91. The summed E-state index contributed by atoms with van der Waals surface area (Å²) in [5.74, 6) is 0.967. The molecule has 0 atom stereocenters. The minimum absolute atomic E-state index is 0.132. The first-order valence-electron chi connectivity index (χ1n) is 6.73. The van der Waals surface area contributed by atoms with E-state index in [1.807, 2.05) is 37.6 Å². The molecule has 0 aromatic carbocycles. The Labute approximate surface area is 113 Å². The Kier molecular flexibility index (Phi) is 3.25. The smallest absolute Gasteiger partial charge is 0.136 e. The van der Waals surface area contributed by atoms with Gasteiger partial charge in [0, 0.05) is 36.1 Å². The number of nitrogens with zero attached hydrogens (tertiary/aromatic N) is 3. The van der Waals surface area contributed by atoms with Gasteiger partial charge >= 0.3 is 0 Å². The van der Waals surface area contributed by atoms with Crippen LogP contribution in [-0.4, -0.2) is 28.5 Å². The number of pyridine rings is 1. The van der Waals surface area contributed by atoms with E-state index in [0.29, 0.717) is 0 Å². The van der Waals surface area contributed by atoms with Gasteiger partial charge in [0.25, 0.3) is 0 Å². The normalized spacial score (nSPS) is 16.9. The zero-order valence-corrected chi connectivity index (χ0v) is 11.1. The van der Waals surface area contributed by atoms with Crippen LogP contribution in [0.4, 0.5) is 0 Å². The van der Waals surface area contributed by atoms with Gasteiger partial charge < -0.3 is 5.32 Å². The number of aromatic nitrogens is 3. The Hall–Kier alpha value is -1.81. The van der Waals surface area contributed by atoms with Crippen LogP contribution in [0.2, 0.25) is 0 Å². The molecule has 98 valence electrons. The Balaban J connectivity index is 1.96. The number of nitrogens with one attached hydrogen (secondary N) is 1. The lowest BCUT2D eigenvalue weighted by Crippen LogP contribution is -2.44. The molecule has 0 saturated heterocycles. The fraction of sp³-hybridized carbons (Fsp3) is 0.400. The third-order valence-corrected chi connectivity index (χ3v) is 3.91. The topological polar surface area (TPSA) is 50.7 Å². The van der Waals surface area contributed by atoms with Gasteiger partial charge in [-0.2, -0.15) is 0 Å². The van der Waals surface area contributed by atoms with Crippen LogP contribution in [0, 0.1) is 0 Å². The summed E-state index contributed by atoms with van der Waals surface area (Å²) >= 11 is 0. The molecule has 2 aromatic heterocycles. The minimum atomic E-state index is 0.132. The van der Waals surface area contributed by atoms with Crippen molar-refractivity contribution in [3.05, 3.63) is 42.6 Å². The van der Waals surface area contributed by atoms with Gasteiger partial charge in [-0.15, -0.1) is 0 Å². The lowest BCUT2D eigenvalue weighted by Gasteiger charge is -2.40. The Morgan fingerprint density at radius 1 is 1.26 bits per heavy atom. The van der Waals surface area contributed by atoms with E-state index in [-0.39, 0.29) is 5.41 Å². The van der Waals surface area contributed by atoms with Crippen molar-refractivity contribution in [2.24, 2.45) is 0 Å². The van der Waals surface area contributed by atoms with E-state index >= 15 is 0 Å². The van der Waals surface area contributed by atoms with Crippen LogP contribution in [0.1, 0.15) is 25.1 Å². The van der Waals surface area contributed by atoms with E-state index in [4.69, 9.17) is 4.98 Å². The zero-order valence-electron chi connectivity index (χ0n) is 11.1. The average Bonchev–Trinajstić information content (AvgIpc) is 2.44. The number of hydrogen-bond acceptors (Lipinski definition) is 4. The van der Waals surface area contributed by atoms with Crippen molar-refractivity contribution >= 4 is 0 Å². The minimum Gasteiger partial charge on any atom is -0.319 e. The highest BCUT2D eigenvalue weighted by Gasteiger charge is 2.40. The van der Waals surface area contributed by atoms with E-state index in [1.54, 1.807) is 6.20 Å². The summed E-state index contributed by atoms with van der Waals surface area (Å²) in [6.45, 7) is 0.948. The summed E-state index contributed by atoms with van der Waals surface area (Å²) in [7, 11) is 1.99. The lowest BCUT2D eigenvalue weighted by atomic mass is 9.68. The summed E-state index contributed by atoms with van der Waals surface area (Å²) in [5.41, 5.74) is 2.14. The molecular formula is C15H18N4. The number of rotatable bonds is 4. The van der Waals surface area contributed by atoms with Crippen LogP contribution in [-0.2, 0) is 5.41 Å². The highest BCUT2D eigenvalue weighted by Crippen LogP contribution is 2.41. The molecule has 0 bridgehead atoms. The van der Waals surface area contributed by atoms with Crippen LogP contribution in [0.3, 0.4) is 0 Å². The molecule has 19 heavy (non-hydrogen) atoms. The second kappa shape index (κ2) is 5.05. The fourth-order valence-electron chi connectivity index (χ4n) is 2.71. The largest absolute Gasteiger partial charge is 0.319 e. The molecule has 1 saturated carbocycles. The van der Waals surface area contributed by atoms with Crippen LogP contribution >= 0.6 is 0 Å². The molecule has 0 spiro atoms. The van der Waals surface area contributed by atoms with Crippen molar-refractivity contribution in [1.82, 2.24) is 20.3 Å². The van der Waals surface area contributed by atoms with Gasteiger partial charge in [-0.05, 0) is 38.1 Å². The van der Waals surface area contributed by atoms with E-state index < -0.39 is 0 Å². The van der Waals surface area contributed by atoms with Crippen molar-refractivity contribution < 1.29 is 0 Å². The van der Waals surface area contributed by atoms with Gasteiger partial charge in [0.2, 0.25) is 0 Å². The predicted molar refractivity (Wildman–Crippen MR) is 74.7 cm³/mol. The van der Waals surface area contributed by atoms with E-state index in [9.17, 15) is 0 Å². The third kappa shape index (κ3) is 2.24. The number of hydrogen-bond donors (Lipinski definition) is 1. The number of likely N-dealkylation sites (N-methyl/N-ethyl adjacent to an activating group) is 1. The average molecular weight is 254 g/mol. The standard InChI is InChI=1S/C15H18N4/c1-16-11-15(6-3-7-15)14-18-9-5-13(19-14)12-4-2-8-17-10-12/h2,4-5,8-10,16H,3,6-7,11H2,1H3. The first-order chi connectivity index (χ1) is 9.34. The molecule has 1 aliphatic rings. The maximum absolute atomic E-state index is 4.76. The highest BCUT2D eigenvalue weighted by molar-refractivity contribution is 5.57. The molecule has 0 aliphatic heterocycles. The molecule has 2 aromatic rings. The molecule has 0 unspecified atom stereocenters. The molecule has 0 radical (unpaired) electrons. The van der Waals surface area contributed by atoms with Crippen molar-refractivity contribution in [2.45, 2.75) is 24.7 Å². The molecular weight excluding hydrogens is 236 g/mol. The summed E-state index contributed by atoms with van der Waals surface area (Å²) in [6.07, 6.45) is 9.09.